The smallest absolute Gasteiger partial charge is 0.262 e. The number of benzene rings is 1. The minimum Gasteiger partial charge on any atom is -0.497 e. The van der Waals surface area contributed by atoms with E-state index in [1.165, 1.54) is 4.90 Å². The van der Waals surface area contributed by atoms with Gasteiger partial charge in [0.1, 0.15) is 11.5 Å². The molecule has 2 N–H and O–H groups in total. The number of likely N-dealkylation sites (tertiary alicyclic amines) is 1. The van der Waals surface area contributed by atoms with E-state index >= 15 is 0 Å². The molecule has 23 heavy (non-hydrogen) atoms. The van der Waals surface area contributed by atoms with Crippen LogP contribution in [0.1, 0.15) is 30.7 Å². The lowest BCUT2D eigenvalue weighted by Crippen LogP contribution is -2.47. The average molecular weight is 314 g/mol. The maximum absolute atomic E-state index is 12.7. The Morgan fingerprint density at radius 1 is 1.35 bits per heavy atom. The number of carbonyl (C=O) groups is 2. The number of nitrogens with two attached hydrogens (primary N) is 1. The zero-order chi connectivity index (χ0) is 16.1. The first-order chi connectivity index (χ1) is 11.1. The van der Waals surface area contributed by atoms with Gasteiger partial charge in [0.25, 0.3) is 5.91 Å². The van der Waals surface area contributed by atoms with Gasteiger partial charge in [-0.05, 0) is 24.8 Å². The molecule has 120 valence electrons. The van der Waals surface area contributed by atoms with Gasteiger partial charge in [-0.3, -0.25) is 14.5 Å². The molecule has 6 heteroatoms. The molecule has 6 nitrogen and oxygen atoms in total. The van der Waals surface area contributed by atoms with Crippen molar-refractivity contribution < 1.29 is 19.1 Å². The molecule has 1 saturated heterocycles. The lowest BCUT2D eigenvalue weighted by atomic mass is 9.82. The summed E-state index contributed by atoms with van der Waals surface area (Å²) in [6.45, 7) is 0.497. The van der Waals surface area contributed by atoms with Gasteiger partial charge in [0, 0.05) is 30.5 Å². The van der Waals surface area contributed by atoms with Gasteiger partial charge in [-0.1, -0.05) is 6.07 Å². The average Bonchev–Trinajstić information content (AvgIpc) is 3.34. The highest BCUT2D eigenvalue weighted by atomic mass is 16.5. The maximum Gasteiger partial charge on any atom is 0.262 e. The Morgan fingerprint density at radius 2 is 2.13 bits per heavy atom. The summed E-state index contributed by atoms with van der Waals surface area (Å²) in [4.78, 5) is 26.5. The summed E-state index contributed by atoms with van der Waals surface area (Å²) in [5, 5.41) is 0. The zero-order valence-corrected chi connectivity index (χ0v) is 12.9. The van der Waals surface area contributed by atoms with E-state index < -0.39 is 0 Å². The molecule has 1 saturated carbocycles. The van der Waals surface area contributed by atoms with Crippen LogP contribution in [0.5, 0.6) is 11.5 Å². The molecule has 2 fully saturated rings. The van der Waals surface area contributed by atoms with E-state index in [0.29, 0.717) is 29.5 Å². The molecule has 2 heterocycles. The summed E-state index contributed by atoms with van der Waals surface area (Å²) in [6, 6.07) is 5.36. The summed E-state index contributed by atoms with van der Waals surface area (Å²) in [5.41, 5.74) is 7.21. The topological polar surface area (TPSA) is 81.9 Å². The Labute approximate surface area is 133 Å². The van der Waals surface area contributed by atoms with E-state index in [0.717, 1.165) is 18.4 Å². The highest BCUT2D eigenvalue weighted by Gasteiger charge is 2.44. The summed E-state index contributed by atoms with van der Waals surface area (Å²) >= 11 is 0. The quantitative estimate of drug-likeness (QED) is 0.855. The van der Waals surface area contributed by atoms with Crippen molar-refractivity contribution in [2.75, 3.05) is 13.7 Å². The number of hydrogen-bond donors (Lipinski definition) is 1. The van der Waals surface area contributed by atoms with E-state index in [1.807, 2.05) is 6.07 Å². The van der Waals surface area contributed by atoms with Crippen molar-refractivity contribution in [2.45, 2.75) is 25.2 Å². The molecule has 0 aromatic heterocycles. The van der Waals surface area contributed by atoms with Crippen molar-refractivity contribution in [3.05, 3.63) is 35.2 Å². The lowest BCUT2D eigenvalue weighted by molar-refractivity contribution is -0.145. The van der Waals surface area contributed by atoms with Crippen LogP contribution in [0.2, 0.25) is 0 Å². The Balaban J connectivity index is 1.72. The van der Waals surface area contributed by atoms with Crippen molar-refractivity contribution in [3.8, 4) is 11.5 Å². The molecule has 2 aliphatic heterocycles. The fourth-order valence-electron chi connectivity index (χ4n) is 3.27. The van der Waals surface area contributed by atoms with Crippen molar-refractivity contribution in [3.63, 3.8) is 0 Å². The number of carbonyl (C=O) groups excluding carboxylic acids is 2. The number of piperidine rings is 1. The summed E-state index contributed by atoms with van der Waals surface area (Å²) < 4.78 is 10.8. The fraction of sp³-hybridized carbons (Fsp3) is 0.412. The number of hydrogen-bond acceptors (Lipinski definition) is 5. The second kappa shape index (κ2) is 5.01. The first-order valence-corrected chi connectivity index (χ1v) is 7.78. The molecule has 1 aromatic rings. The van der Waals surface area contributed by atoms with Gasteiger partial charge in [-0.25, -0.2) is 0 Å². The van der Waals surface area contributed by atoms with Crippen LogP contribution in [0.4, 0.5) is 0 Å². The summed E-state index contributed by atoms with van der Waals surface area (Å²) in [7, 11) is 1.57. The predicted molar refractivity (Wildman–Crippen MR) is 81.6 cm³/mol. The number of imide groups is 1. The summed E-state index contributed by atoms with van der Waals surface area (Å²) in [5.74, 6) is 0.955. The third-order valence-electron chi connectivity index (χ3n) is 4.72. The van der Waals surface area contributed by atoms with Gasteiger partial charge in [0.05, 0.1) is 12.7 Å². The van der Waals surface area contributed by atoms with Crippen LogP contribution in [0.15, 0.2) is 29.7 Å². The Kier molecular flexibility index (Phi) is 3.07. The van der Waals surface area contributed by atoms with Crippen LogP contribution in [0.3, 0.4) is 0 Å². The van der Waals surface area contributed by atoms with Crippen molar-refractivity contribution >= 4 is 11.8 Å². The molecule has 3 aliphatic rings. The predicted octanol–water partition coefficient (Wildman–Crippen LogP) is 1.51. The van der Waals surface area contributed by atoms with Gasteiger partial charge < -0.3 is 15.2 Å². The minimum absolute atomic E-state index is 0.0917. The van der Waals surface area contributed by atoms with E-state index in [2.05, 4.69) is 0 Å². The number of fused-ring (bicyclic) bond motifs is 3. The van der Waals surface area contributed by atoms with Gasteiger partial charge in [0.15, 0.2) is 5.88 Å². The van der Waals surface area contributed by atoms with E-state index in [-0.39, 0.29) is 30.0 Å². The van der Waals surface area contributed by atoms with Gasteiger partial charge in [-0.15, -0.1) is 0 Å². The molecule has 1 aliphatic carbocycles. The van der Waals surface area contributed by atoms with E-state index in [9.17, 15) is 9.59 Å². The molecule has 1 aromatic carbocycles. The number of methoxy groups -OCH3 is 1. The first-order valence-electron chi connectivity index (χ1n) is 7.78. The fourth-order valence-corrected chi connectivity index (χ4v) is 3.27. The van der Waals surface area contributed by atoms with Crippen molar-refractivity contribution in [1.82, 2.24) is 4.90 Å². The second-order valence-electron chi connectivity index (χ2n) is 6.29. The summed E-state index contributed by atoms with van der Waals surface area (Å²) in [6.07, 6.45) is 2.40. The minimum atomic E-state index is -0.333. The Morgan fingerprint density at radius 3 is 2.83 bits per heavy atom. The van der Waals surface area contributed by atoms with Gasteiger partial charge >= 0.3 is 0 Å². The van der Waals surface area contributed by atoms with Gasteiger partial charge in [0.2, 0.25) is 5.91 Å². The monoisotopic (exact) mass is 314 g/mol. The SMILES string of the molecule is COc1ccc2c(c1)OC(N)=C1C(=O)N(CC3CC3)C(=O)CC12. The van der Waals surface area contributed by atoms with Crippen molar-refractivity contribution in [2.24, 2.45) is 11.7 Å². The number of nitrogens with zero attached hydrogens (tertiary/aromatic N) is 1. The molecule has 4 rings (SSSR count). The molecular weight excluding hydrogens is 296 g/mol. The molecule has 1 atom stereocenters. The molecule has 1 unspecified atom stereocenters. The Hall–Kier alpha value is -2.50. The van der Waals surface area contributed by atoms with Crippen LogP contribution in [0.25, 0.3) is 0 Å². The van der Waals surface area contributed by atoms with Crippen molar-refractivity contribution in [1.29, 1.82) is 0 Å². The first kappa shape index (κ1) is 14.1. The standard InChI is InChI=1S/C17H18N2O4/c1-22-10-4-5-11-12-7-14(20)19(8-9-2-3-9)17(21)15(12)16(18)23-13(11)6-10/h4-6,9,12H,2-3,7-8,18H2,1H3. The van der Waals surface area contributed by atoms with Gasteiger partial charge in [-0.2, -0.15) is 0 Å². The number of ether oxygens (including phenoxy) is 2. The lowest BCUT2D eigenvalue weighted by Gasteiger charge is -2.36. The molecule has 2 amide bonds. The van der Waals surface area contributed by atoms with Crippen LogP contribution >= 0.6 is 0 Å². The number of rotatable bonds is 3. The highest BCUT2D eigenvalue weighted by molar-refractivity contribution is 6.09. The van der Waals surface area contributed by atoms with Crippen LogP contribution in [-0.2, 0) is 9.59 Å². The molecule has 0 radical (unpaired) electrons. The molecule has 0 spiro atoms. The van der Waals surface area contributed by atoms with Crippen LogP contribution in [-0.4, -0.2) is 30.4 Å². The highest BCUT2D eigenvalue weighted by Crippen LogP contribution is 2.45. The number of amides is 2. The van der Waals surface area contributed by atoms with Crippen LogP contribution in [0, 0.1) is 5.92 Å². The molecule has 0 bridgehead atoms. The zero-order valence-electron chi connectivity index (χ0n) is 12.9. The largest absolute Gasteiger partial charge is 0.497 e. The maximum atomic E-state index is 12.7. The third kappa shape index (κ3) is 2.25. The molecular formula is C17H18N2O4. The Bertz CT molecular complexity index is 736. The van der Waals surface area contributed by atoms with E-state index in [4.69, 9.17) is 15.2 Å². The second-order valence-corrected chi connectivity index (χ2v) is 6.29. The third-order valence-corrected chi connectivity index (χ3v) is 4.72. The van der Waals surface area contributed by atoms with E-state index in [1.54, 1.807) is 19.2 Å². The van der Waals surface area contributed by atoms with Crippen LogP contribution < -0.4 is 15.2 Å². The normalized spacial score (nSPS) is 23.3.